The van der Waals surface area contributed by atoms with E-state index >= 15 is 0 Å². The van der Waals surface area contributed by atoms with Crippen molar-refractivity contribution in [3.8, 4) is 0 Å². The summed E-state index contributed by atoms with van der Waals surface area (Å²) in [5, 5.41) is 13.3. The van der Waals surface area contributed by atoms with Crippen LogP contribution in [0, 0.1) is 5.92 Å². The van der Waals surface area contributed by atoms with Crippen molar-refractivity contribution in [3.63, 3.8) is 0 Å². The van der Waals surface area contributed by atoms with Crippen LogP contribution in [0.1, 0.15) is 36.0 Å². The molecule has 0 saturated carbocycles. The van der Waals surface area contributed by atoms with Crippen molar-refractivity contribution >= 4 is 5.97 Å². The number of carboxylic acids is 1. The van der Waals surface area contributed by atoms with Crippen molar-refractivity contribution in [1.29, 1.82) is 0 Å². The van der Waals surface area contributed by atoms with Crippen molar-refractivity contribution in [2.24, 2.45) is 5.92 Å². The first kappa shape index (κ1) is 13.5. The molecule has 2 atom stereocenters. The Morgan fingerprint density at radius 2 is 2.00 bits per heavy atom. The maximum absolute atomic E-state index is 11.3. The summed E-state index contributed by atoms with van der Waals surface area (Å²) in [7, 11) is 0. The van der Waals surface area contributed by atoms with E-state index in [9.17, 15) is 9.90 Å². The lowest BCUT2D eigenvalue weighted by molar-refractivity contribution is -0.142. The van der Waals surface area contributed by atoms with Crippen LogP contribution in [-0.2, 0) is 11.2 Å². The highest BCUT2D eigenvalue weighted by Gasteiger charge is 2.33. The number of nitrogens with zero attached hydrogens (tertiary/aromatic N) is 2. The van der Waals surface area contributed by atoms with Crippen LogP contribution < -0.4 is 0 Å². The lowest BCUT2D eigenvalue weighted by atomic mass is 9.83. The molecule has 0 radical (unpaired) electrons. The Balaban J connectivity index is 1.78. The van der Waals surface area contributed by atoms with Crippen molar-refractivity contribution in [2.45, 2.75) is 25.2 Å². The van der Waals surface area contributed by atoms with Gasteiger partial charge in [0.1, 0.15) is 0 Å². The van der Waals surface area contributed by atoms with E-state index in [1.165, 1.54) is 0 Å². The lowest BCUT2D eigenvalue weighted by Crippen LogP contribution is -2.23. The normalized spacial score (nSPS) is 21.3. The van der Waals surface area contributed by atoms with E-state index in [-0.39, 0.29) is 5.92 Å². The molecule has 1 aliphatic carbocycles. The molecule has 3 rings (SSSR count). The average Bonchev–Trinajstić information content (AvgIpc) is 2.96. The molecule has 1 N–H and O–H groups in total. The van der Waals surface area contributed by atoms with Crippen LogP contribution in [0.25, 0.3) is 0 Å². The van der Waals surface area contributed by atoms with Gasteiger partial charge < -0.3 is 9.63 Å². The van der Waals surface area contributed by atoms with Crippen LogP contribution in [0.2, 0.25) is 0 Å². The molecule has 5 nitrogen and oxygen atoms in total. The molecule has 0 bridgehead atoms. The van der Waals surface area contributed by atoms with Crippen LogP contribution >= 0.6 is 0 Å². The topological polar surface area (TPSA) is 76.2 Å². The van der Waals surface area contributed by atoms with Gasteiger partial charge in [0.15, 0.2) is 5.82 Å². The molecule has 0 saturated heterocycles. The summed E-state index contributed by atoms with van der Waals surface area (Å²) in [6.07, 6.45) is 5.60. The highest BCUT2D eigenvalue weighted by Crippen LogP contribution is 2.33. The number of benzene rings is 1. The van der Waals surface area contributed by atoms with E-state index in [1.807, 2.05) is 42.5 Å². The highest BCUT2D eigenvalue weighted by atomic mass is 16.5. The second-order valence-corrected chi connectivity index (χ2v) is 5.21. The van der Waals surface area contributed by atoms with Crippen LogP contribution in [0.15, 0.2) is 47.0 Å². The van der Waals surface area contributed by atoms with Crippen LogP contribution in [0.4, 0.5) is 0 Å². The fraction of sp³-hybridized carbons (Fsp3) is 0.312. The minimum absolute atomic E-state index is 0.232. The fourth-order valence-corrected chi connectivity index (χ4v) is 2.63. The minimum Gasteiger partial charge on any atom is -0.481 e. The molecule has 0 aliphatic heterocycles. The van der Waals surface area contributed by atoms with E-state index in [0.717, 1.165) is 5.56 Å². The molecule has 0 fully saturated rings. The summed E-state index contributed by atoms with van der Waals surface area (Å²) in [6.45, 7) is 0. The Kier molecular flexibility index (Phi) is 3.81. The second-order valence-electron chi connectivity index (χ2n) is 5.21. The number of hydrogen-bond acceptors (Lipinski definition) is 4. The first-order chi connectivity index (χ1) is 10.2. The molecule has 1 aromatic heterocycles. The molecular formula is C16H16N2O3. The molecule has 1 aromatic carbocycles. The fourth-order valence-electron chi connectivity index (χ4n) is 2.63. The predicted octanol–water partition coefficient (Wildman–Crippen LogP) is 2.79. The van der Waals surface area contributed by atoms with Gasteiger partial charge in [0.05, 0.1) is 11.8 Å². The predicted molar refractivity (Wildman–Crippen MR) is 75.8 cm³/mol. The van der Waals surface area contributed by atoms with E-state index in [2.05, 4.69) is 10.1 Å². The Morgan fingerprint density at radius 3 is 2.76 bits per heavy atom. The van der Waals surface area contributed by atoms with Crippen molar-refractivity contribution in [3.05, 3.63) is 59.8 Å². The average molecular weight is 284 g/mol. The van der Waals surface area contributed by atoms with Gasteiger partial charge in [-0.3, -0.25) is 4.79 Å². The third-order valence-corrected chi connectivity index (χ3v) is 3.76. The summed E-state index contributed by atoms with van der Waals surface area (Å²) in [4.78, 5) is 15.7. The number of aromatic nitrogens is 2. The molecule has 2 aromatic rings. The standard InChI is InChI=1S/C16H16N2O3/c19-16(20)13-9-5-4-8-12(13)15-17-14(18-21-15)10-11-6-2-1-3-7-11/h1-7,12-13H,8-10H2,(H,19,20). The molecule has 108 valence electrons. The molecule has 1 heterocycles. The van der Waals surface area contributed by atoms with Gasteiger partial charge in [0, 0.05) is 6.42 Å². The maximum atomic E-state index is 11.3. The smallest absolute Gasteiger partial charge is 0.307 e. The van der Waals surface area contributed by atoms with Gasteiger partial charge in [-0.15, -0.1) is 0 Å². The molecule has 1 aliphatic rings. The summed E-state index contributed by atoms with van der Waals surface area (Å²) < 4.78 is 5.30. The zero-order chi connectivity index (χ0) is 14.7. The molecular weight excluding hydrogens is 268 g/mol. The lowest BCUT2D eigenvalue weighted by Gasteiger charge is -2.21. The van der Waals surface area contributed by atoms with Gasteiger partial charge in [-0.25, -0.2) is 0 Å². The third-order valence-electron chi connectivity index (χ3n) is 3.76. The quantitative estimate of drug-likeness (QED) is 0.874. The molecule has 21 heavy (non-hydrogen) atoms. The number of carboxylic acid groups (broad SMARTS) is 1. The first-order valence-electron chi connectivity index (χ1n) is 6.98. The molecule has 2 unspecified atom stereocenters. The largest absolute Gasteiger partial charge is 0.481 e. The summed E-state index contributed by atoms with van der Waals surface area (Å²) in [5.74, 6) is -0.510. The van der Waals surface area contributed by atoms with Gasteiger partial charge in [-0.1, -0.05) is 47.6 Å². The van der Waals surface area contributed by atoms with Gasteiger partial charge >= 0.3 is 5.97 Å². The number of allylic oxidation sites excluding steroid dienone is 2. The van der Waals surface area contributed by atoms with Gasteiger partial charge in [0.25, 0.3) is 0 Å². The van der Waals surface area contributed by atoms with Gasteiger partial charge in [0.2, 0.25) is 5.89 Å². The zero-order valence-electron chi connectivity index (χ0n) is 11.5. The number of aliphatic carboxylic acids is 1. The Morgan fingerprint density at radius 1 is 1.24 bits per heavy atom. The maximum Gasteiger partial charge on any atom is 0.307 e. The summed E-state index contributed by atoms with van der Waals surface area (Å²) in [6, 6.07) is 9.88. The zero-order valence-corrected chi connectivity index (χ0v) is 11.5. The third kappa shape index (κ3) is 3.02. The van der Waals surface area contributed by atoms with Crippen LogP contribution in [0.3, 0.4) is 0 Å². The number of carbonyl (C=O) groups is 1. The van der Waals surface area contributed by atoms with Gasteiger partial charge in [-0.2, -0.15) is 4.98 Å². The minimum atomic E-state index is -0.813. The number of hydrogen-bond donors (Lipinski definition) is 1. The SMILES string of the molecule is O=C(O)C1CC=CCC1c1nc(Cc2ccccc2)no1. The van der Waals surface area contributed by atoms with Crippen molar-refractivity contribution < 1.29 is 14.4 Å². The van der Waals surface area contributed by atoms with Crippen molar-refractivity contribution in [1.82, 2.24) is 10.1 Å². The molecule has 5 heteroatoms. The van der Waals surface area contributed by atoms with Crippen molar-refractivity contribution in [2.75, 3.05) is 0 Å². The van der Waals surface area contributed by atoms with E-state index in [4.69, 9.17) is 4.52 Å². The van der Waals surface area contributed by atoms with E-state index < -0.39 is 11.9 Å². The van der Waals surface area contributed by atoms with E-state index in [0.29, 0.717) is 31.0 Å². The second kappa shape index (κ2) is 5.91. The van der Waals surface area contributed by atoms with Crippen LogP contribution in [-0.4, -0.2) is 21.2 Å². The Bertz CT molecular complexity index is 649. The van der Waals surface area contributed by atoms with Crippen LogP contribution in [0.5, 0.6) is 0 Å². The Hall–Kier alpha value is -2.43. The summed E-state index contributed by atoms with van der Waals surface area (Å²) >= 11 is 0. The molecule has 0 amide bonds. The Labute approximate surface area is 122 Å². The first-order valence-corrected chi connectivity index (χ1v) is 6.98. The number of rotatable bonds is 4. The van der Waals surface area contributed by atoms with Gasteiger partial charge in [-0.05, 0) is 18.4 Å². The van der Waals surface area contributed by atoms with E-state index in [1.54, 1.807) is 0 Å². The highest BCUT2D eigenvalue weighted by molar-refractivity contribution is 5.71. The monoisotopic (exact) mass is 284 g/mol. The summed E-state index contributed by atoms with van der Waals surface area (Å²) in [5.41, 5.74) is 1.10. The molecule has 0 spiro atoms.